The van der Waals surface area contributed by atoms with Crippen LogP contribution in [0.5, 0.6) is 0 Å². The van der Waals surface area contributed by atoms with Gasteiger partial charge in [-0.15, -0.1) is 22.7 Å². The number of amides is 4. The lowest BCUT2D eigenvalue weighted by Gasteiger charge is -2.30. The number of nitrogens with zero attached hydrogens (tertiary/aromatic N) is 4. The molecule has 5 rings (SSSR count). The van der Waals surface area contributed by atoms with Crippen LogP contribution in [-0.2, 0) is 44.8 Å². The van der Waals surface area contributed by atoms with E-state index >= 15 is 0 Å². The van der Waals surface area contributed by atoms with Crippen LogP contribution in [0.25, 0.3) is 0 Å². The Morgan fingerprint density at radius 3 is 2.03 bits per heavy atom. The molecule has 1 saturated heterocycles. The number of urea groups is 1. The van der Waals surface area contributed by atoms with Gasteiger partial charge in [0.1, 0.15) is 12.6 Å². The van der Waals surface area contributed by atoms with E-state index in [1.54, 1.807) is 35.0 Å². The highest BCUT2D eigenvalue weighted by atomic mass is 32.1. The standard InChI is InChI=1S/C40H53N7O5S2.H3O4P/c1-29(2)38-43-34(27-53-38)25-46(3)39(49)45-36(16-17-47-18-20-51-21-19-47)37(48)42-32(22-30-10-6-4-7-11-30)14-15-33(23-31-12-8-5-9-13-31)44-40(50)52-26-35-24-41-28-54-35;1-5(2,3)4/h4-13,24,27-29,32-33,36H,14-23,25-26H2,1-3H3,(H,42,48)(H,44,50)(H,45,49);(H3,1,2,3,4). The number of carbonyl (C=O) groups excluding carboxylic acids is 3. The quantitative estimate of drug-likeness (QED) is 0.0682. The van der Waals surface area contributed by atoms with Crippen molar-refractivity contribution in [3.63, 3.8) is 0 Å². The fourth-order valence-electron chi connectivity index (χ4n) is 6.25. The summed E-state index contributed by atoms with van der Waals surface area (Å²) in [6.45, 7) is 8.19. The van der Waals surface area contributed by atoms with Crippen LogP contribution in [0.4, 0.5) is 9.59 Å². The van der Waals surface area contributed by atoms with Gasteiger partial charge in [-0.1, -0.05) is 74.5 Å². The molecular weight excluding hydrogens is 818 g/mol. The number of benzene rings is 2. The first-order chi connectivity index (χ1) is 28.2. The minimum Gasteiger partial charge on any atom is -0.444 e. The number of phosphoric acid groups is 1. The van der Waals surface area contributed by atoms with Crippen molar-refractivity contribution in [1.29, 1.82) is 0 Å². The first-order valence-electron chi connectivity index (χ1n) is 19.4. The number of alkyl carbamates (subject to hydrolysis) is 1. The largest absolute Gasteiger partial charge is 0.466 e. The van der Waals surface area contributed by atoms with Gasteiger partial charge in [0.15, 0.2) is 0 Å². The highest BCUT2D eigenvalue weighted by Crippen LogP contribution is 2.26. The summed E-state index contributed by atoms with van der Waals surface area (Å²) in [6.07, 6.45) is 4.00. The molecule has 3 unspecified atom stereocenters. The van der Waals surface area contributed by atoms with Crippen molar-refractivity contribution in [2.75, 3.05) is 39.9 Å². The van der Waals surface area contributed by atoms with Gasteiger partial charge in [-0.2, -0.15) is 0 Å². The third-order valence-corrected chi connectivity index (χ3v) is 11.2. The van der Waals surface area contributed by atoms with Crippen LogP contribution in [0.3, 0.4) is 0 Å². The number of rotatable bonds is 19. The van der Waals surface area contributed by atoms with Gasteiger partial charge >= 0.3 is 19.9 Å². The predicted octanol–water partition coefficient (Wildman–Crippen LogP) is 5.07. The minimum atomic E-state index is -4.64. The highest BCUT2D eigenvalue weighted by molar-refractivity contribution is 7.45. The second-order valence-electron chi connectivity index (χ2n) is 14.5. The smallest absolute Gasteiger partial charge is 0.444 e. The van der Waals surface area contributed by atoms with Crippen molar-refractivity contribution in [3.8, 4) is 0 Å². The molecule has 4 amide bonds. The Balaban J connectivity index is 0.00000145. The van der Waals surface area contributed by atoms with Gasteiger partial charge in [0.25, 0.3) is 0 Å². The van der Waals surface area contributed by atoms with Gasteiger partial charge in [-0.05, 0) is 43.2 Å². The van der Waals surface area contributed by atoms with Gasteiger partial charge in [0.2, 0.25) is 5.91 Å². The van der Waals surface area contributed by atoms with E-state index in [1.807, 2.05) is 66.0 Å². The fourth-order valence-corrected chi connectivity index (χ4v) is 7.58. The molecule has 3 heterocycles. The van der Waals surface area contributed by atoms with Crippen molar-refractivity contribution in [1.82, 2.24) is 35.7 Å². The summed E-state index contributed by atoms with van der Waals surface area (Å²) in [5.41, 5.74) is 4.70. The number of thiazole rings is 2. The lowest BCUT2D eigenvalue weighted by molar-refractivity contribution is -0.124. The van der Waals surface area contributed by atoms with Crippen LogP contribution in [0, 0.1) is 0 Å². The number of hydrogen-bond acceptors (Lipinski definition) is 11. The molecule has 2 aromatic heterocycles. The summed E-state index contributed by atoms with van der Waals surface area (Å²) in [5, 5.41) is 12.4. The Morgan fingerprint density at radius 2 is 1.49 bits per heavy atom. The fraction of sp³-hybridized carbons (Fsp3) is 0.475. The van der Waals surface area contributed by atoms with Gasteiger partial charge in [0, 0.05) is 56.3 Å². The molecule has 1 fully saturated rings. The van der Waals surface area contributed by atoms with Crippen molar-refractivity contribution in [2.45, 2.75) is 83.1 Å². The van der Waals surface area contributed by atoms with Crippen molar-refractivity contribution >= 4 is 48.5 Å². The van der Waals surface area contributed by atoms with Crippen LogP contribution >= 0.6 is 30.5 Å². The molecule has 322 valence electrons. The van der Waals surface area contributed by atoms with Crippen LogP contribution in [0.2, 0.25) is 0 Å². The topological polar surface area (TPSA) is 216 Å². The van der Waals surface area contributed by atoms with Crippen molar-refractivity contribution < 1.29 is 43.1 Å². The molecular formula is C40H56N7O9PS2. The van der Waals surface area contributed by atoms with Crippen LogP contribution < -0.4 is 16.0 Å². The van der Waals surface area contributed by atoms with Crippen LogP contribution in [0.1, 0.15) is 65.7 Å². The summed E-state index contributed by atoms with van der Waals surface area (Å²) in [4.78, 5) is 75.8. The van der Waals surface area contributed by atoms with Crippen LogP contribution in [-0.4, -0.2) is 111 Å². The zero-order valence-corrected chi connectivity index (χ0v) is 36.2. The molecule has 16 nitrogen and oxygen atoms in total. The van der Waals surface area contributed by atoms with E-state index in [0.29, 0.717) is 64.3 Å². The molecule has 6 N–H and O–H groups in total. The number of nitrogens with one attached hydrogen (secondary N) is 3. The third-order valence-electron chi connectivity index (χ3n) is 9.27. The maximum atomic E-state index is 14.2. The molecule has 2 aromatic carbocycles. The predicted molar refractivity (Wildman–Crippen MR) is 227 cm³/mol. The van der Waals surface area contributed by atoms with Gasteiger partial charge in [0.05, 0.1) is 40.8 Å². The summed E-state index contributed by atoms with van der Waals surface area (Å²) in [5.74, 6) is 0.0746. The van der Waals surface area contributed by atoms with E-state index in [0.717, 1.165) is 39.8 Å². The molecule has 0 aliphatic carbocycles. The van der Waals surface area contributed by atoms with Gasteiger partial charge < -0.3 is 45.0 Å². The van der Waals surface area contributed by atoms with Gasteiger partial charge in [-0.3, -0.25) is 14.7 Å². The van der Waals surface area contributed by atoms with E-state index in [4.69, 9.17) is 28.7 Å². The summed E-state index contributed by atoms with van der Waals surface area (Å²) in [6, 6.07) is 18.4. The van der Waals surface area contributed by atoms with E-state index in [-0.39, 0.29) is 30.6 Å². The number of ether oxygens (including phenoxy) is 2. The van der Waals surface area contributed by atoms with E-state index in [9.17, 15) is 14.4 Å². The lowest BCUT2D eigenvalue weighted by atomic mass is 9.95. The number of hydrogen-bond donors (Lipinski definition) is 6. The molecule has 4 aromatic rings. The average Bonchev–Trinajstić information content (AvgIpc) is 3.91. The molecule has 0 bridgehead atoms. The monoisotopic (exact) mass is 873 g/mol. The van der Waals surface area contributed by atoms with Crippen molar-refractivity contribution in [2.24, 2.45) is 0 Å². The number of morpholine rings is 1. The summed E-state index contributed by atoms with van der Waals surface area (Å²) >= 11 is 3.02. The van der Waals surface area contributed by atoms with Crippen molar-refractivity contribution in [3.05, 3.63) is 104 Å². The zero-order chi connectivity index (χ0) is 42.6. The average molecular weight is 874 g/mol. The van der Waals surface area contributed by atoms with E-state index in [1.165, 1.54) is 11.3 Å². The highest BCUT2D eigenvalue weighted by Gasteiger charge is 2.27. The third kappa shape index (κ3) is 19.1. The molecule has 1 aliphatic heterocycles. The maximum Gasteiger partial charge on any atom is 0.466 e. The van der Waals surface area contributed by atoms with E-state index < -0.39 is 20.0 Å². The Labute approximate surface area is 353 Å². The van der Waals surface area contributed by atoms with E-state index in [2.05, 4.69) is 44.7 Å². The molecule has 0 saturated carbocycles. The van der Waals surface area contributed by atoms with Crippen LogP contribution in [0.15, 0.2) is 77.8 Å². The maximum absolute atomic E-state index is 14.2. The molecule has 3 atom stereocenters. The Hall–Kier alpha value is -4.26. The molecule has 19 heteroatoms. The Bertz CT molecular complexity index is 1870. The minimum absolute atomic E-state index is 0.150. The molecule has 1 aliphatic rings. The van der Waals surface area contributed by atoms with Gasteiger partial charge in [-0.25, -0.2) is 19.1 Å². The summed E-state index contributed by atoms with van der Waals surface area (Å²) < 4.78 is 19.9. The summed E-state index contributed by atoms with van der Waals surface area (Å²) in [7, 11) is -2.92. The number of carbonyl (C=O) groups is 3. The first-order valence-corrected chi connectivity index (χ1v) is 22.8. The zero-order valence-electron chi connectivity index (χ0n) is 33.6. The second kappa shape index (κ2) is 24.7. The SMILES string of the molecule is CC(C)c1nc(CN(C)C(=O)NC(CCN2CCOCC2)C(=O)NC(CCC(Cc2ccccc2)NC(=O)OCc2cncs2)Cc2ccccc2)cs1.O=P(O)(O)O. The Morgan fingerprint density at radius 1 is 0.898 bits per heavy atom. The molecule has 0 radical (unpaired) electrons. The normalized spacial score (nSPS) is 14.6. The number of aromatic nitrogens is 2. The Kier molecular flexibility index (Phi) is 19.9. The molecule has 59 heavy (non-hydrogen) atoms. The second-order valence-corrected chi connectivity index (χ2v) is 17.4. The lowest BCUT2D eigenvalue weighted by Crippen LogP contribution is -2.54. The molecule has 0 spiro atoms. The first kappa shape index (κ1) is 47.4.